The van der Waals surface area contributed by atoms with Crippen LogP contribution in [0.1, 0.15) is 12.8 Å². The van der Waals surface area contributed by atoms with Crippen molar-refractivity contribution in [3.8, 4) is 0 Å². The molecule has 0 unspecified atom stereocenters. The average Bonchev–Trinajstić information content (AvgIpc) is 3.10. The minimum atomic E-state index is 0.631. The van der Waals surface area contributed by atoms with E-state index >= 15 is 0 Å². The molecule has 0 amide bonds. The van der Waals surface area contributed by atoms with Gasteiger partial charge in [0.15, 0.2) is 5.11 Å². The van der Waals surface area contributed by atoms with E-state index < -0.39 is 0 Å². The third-order valence-corrected chi connectivity index (χ3v) is 5.49. The van der Waals surface area contributed by atoms with E-state index in [4.69, 9.17) is 22.7 Å². The smallest absolute Gasteiger partial charge is 0.173 e. The molecule has 2 aliphatic heterocycles. The first-order valence-corrected chi connectivity index (χ1v) is 9.50. The van der Waals surface area contributed by atoms with Gasteiger partial charge in [-0.25, -0.2) is 0 Å². The lowest BCUT2D eigenvalue weighted by Crippen LogP contribution is -2.51. The number of ether oxygens (including phenoxy) is 1. The summed E-state index contributed by atoms with van der Waals surface area (Å²) < 4.78 is 5.73. The molecule has 0 radical (unpaired) electrons. The van der Waals surface area contributed by atoms with E-state index in [1.165, 1.54) is 11.1 Å². The van der Waals surface area contributed by atoms with Gasteiger partial charge in [-0.3, -0.25) is 0 Å². The fraction of sp³-hybridized carbons (Fsp3) is 0.350. The van der Waals surface area contributed by atoms with E-state index in [1.807, 2.05) is 24.4 Å². The molecule has 3 aliphatic rings. The second-order valence-electron chi connectivity index (χ2n) is 6.72. The zero-order valence-electron chi connectivity index (χ0n) is 14.8. The van der Waals surface area contributed by atoms with Gasteiger partial charge in [0.05, 0.1) is 11.4 Å². The fourth-order valence-corrected chi connectivity index (χ4v) is 3.87. The van der Waals surface area contributed by atoms with Gasteiger partial charge in [-0.1, -0.05) is 18.2 Å². The number of para-hydroxylation sites is 2. The number of piperazine rings is 1. The lowest BCUT2D eigenvalue weighted by Gasteiger charge is -2.37. The average molecular weight is 369 g/mol. The van der Waals surface area contributed by atoms with Crippen LogP contribution in [0.5, 0.6) is 0 Å². The molecule has 1 aromatic carbocycles. The second-order valence-corrected chi connectivity index (χ2v) is 7.11. The number of nitrogens with zero attached hydrogens (tertiary/aromatic N) is 2. The van der Waals surface area contributed by atoms with Crippen molar-refractivity contribution in [3.05, 3.63) is 59.5 Å². The summed E-state index contributed by atoms with van der Waals surface area (Å²) >= 11 is 5.59. The van der Waals surface area contributed by atoms with Gasteiger partial charge in [-0.05, 0) is 43.3 Å². The van der Waals surface area contributed by atoms with Crippen LogP contribution in [0.4, 0.5) is 11.4 Å². The quantitative estimate of drug-likeness (QED) is 0.618. The highest BCUT2D eigenvalue weighted by atomic mass is 32.1. The summed E-state index contributed by atoms with van der Waals surface area (Å²) in [5.74, 6) is 1.02. The van der Waals surface area contributed by atoms with Gasteiger partial charge < -0.3 is 25.6 Å². The van der Waals surface area contributed by atoms with Gasteiger partial charge in [0.1, 0.15) is 12.4 Å². The number of rotatable bonds is 2. The van der Waals surface area contributed by atoms with Gasteiger partial charge >= 0.3 is 0 Å². The minimum Gasteiger partial charge on any atom is -0.489 e. The molecule has 3 N–H and O–H groups in total. The highest BCUT2D eigenvalue weighted by Gasteiger charge is 2.23. The van der Waals surface area contributed by atoms with Gasteiger partial charge in [0, 0.05) is 43.5 Å². The predicted octanol–water partition coefficient (Wildman–Crippen LogP) is 2.78. The van der Waals surface area contributed by atoms with Crippen LogP contribution in [-0.4, -0.2) is 42.8 Å². The molecule has 5 nitrogen and oxygen atoms in total. The maximum Gasteiger partial charge on any atom is 0.173 e. The fourth-order valence-electron chi connectivity index (χ4n) is 3.63. The Hall–Kier alpha value is -2.47. The Morgan fingerprint density at radius 2 is 2.00 bits per heavy atom. The molecule has 1 saturated heterocycles. The Labute approximate surface area is 159 Å². The number of nitrogens with one attached hydrogen (secondary N) is 1. The molecule has 6 heteroatoms. The summed E-state index contributed by atoms with van der Waals surface area (Å²) in [6, 6.07) is 8.03. The van der Waals surface area contributed by atoms with Gasteiger partial charge in [0.25, 0.3) is 0 Å². The van der Waals surface area contributed by atoms with Crippen LogP contribution in [0.15, 0.2) is 59.5 Å². The van der Waals surface area contributed by atoms with Gasteiger partial charge in [0.2, 0.25) is 0 Å². The SMILES string of the molecule is Nc1ccccc1N1CCN(C(=S)N/C=C2/COC3=C2CCC=C3)CC1. The molecular weight excluding hydrogens is 344 g/mol. The Morgan fingerprint density at radius 1 is 1.19 bits per heavy atom. The topological polar surface area (TPSA) is 53.8 Å². The number of benzene rings is 1. The molecule has 136 valence electrons. The number of hydrogen-bond acceptors (Lipinski definition) is 4. The van der Waals surface area contributed by atoms with Gasteiger partial charge in [-0.2, -0.15) is 0 Å². The number of allylic oxidation sites excluding steroid dienone is 2. The van der Waals surface area contributed by atoms with Crippen molar-refractivity contribution in [1.82, 2.24) is 10.2 Å². The Morgan fingerprint density at radius 3 is 2.81 bits per heavy atom. The van der Waals surface area contributed by atoms with E-state index in [1.54, 1.807) is 0 Å². The minimum absolute atomic E-state index is 0.631. The molecule has 0 aromatic heterocycles. The van der Waals surface area contributed by atoms with Gasteiger partial charge in [-0.15, -0.1) is 0 Å². The number of nitrogen functional groups attached to an aromatic ring is 1. The van der Waals surface area contributed by atoms with Crippen molar-refractivity contribution < 1.29 is 4.74 Å². The molecular formula is C20H24N4OS. The first kappa shape index (κ1) is 17.0. The van der Waals surface area contributed by atoms with Crippen LogP contribution in [-0.2, 0) is 4.74 Å². The summed E-state index contributed by atoms with van der Waals surface area (Å²) in [5, 5.41) is 4.08. The van der Waals surface area contributed by atoms with Crippen LogP contribution in [0.2, 0.25) is 0 Å². The maximum absolute atomic E-state index is 6.09. The molecule has 0 atom stereocenters. The lowest BCUT2D eigenvalue weighted by molar-refractivity contribution is 0.273. The Kier molecular flexibility index (Phi) is 4.84. The van der Waals surface area contributed by atoms with Crippen LogP contribution in [0.3, 0.4) is 0 Å². The van der Waals surface area contributed by atoms with E-state index in [-0.39, 0.29) is 0 Å². The first-order chi connectivity index (χ1) is 12.7. The zero-order chi connectivity index (χ0) is 17.9. The summed E-state index contributed by atoms with van der Waals surface area (Å²) in [6.45, 7) is 4.23. The van der Waals surface area contributed by atoms with Crippen molar-refractivity contribution in [3.63, 3.8) is 0 Å². The molecule has 0 bridgehead atoms. The van der Waals surface area contributed by atoms with Crippen molar-refractivity contribution in [2.45, 2.75) is 12.8 Å². The van der Waals surface area contributed by atoms with Crippen molar-refractivity contribution in [2.75, 3.05) is 43.4 Å². The van der Waals surface area contributed by atoms with Crippen LogP contribution >= 0.6 is 12.2 Å². The Balaban J connectivity index is 1.33. The van der Waals surface area contributed by atoms with E-state index in [0.717, 1.165) is 61.3 Å². The summed E-state index contributed by atoms with van der Waals surface area (Å²) in [4.78, 5) is 4.54. The summed E-state index contributed by atoms with van der Waals surface area (Å²) in [5.41, 5.74) is 10.6. The summed E-state index contributed by atoms with van der Waals surface area (Å²) in [7, 11) is 0. The highest BCUT2D eigenvalue weighted by Crippen LogP contribution is 2.32. The highest BCUT2D eigenvalue weighted by molar-refractivity contribution is 7.80. The maximum atomic E-state index is 6.09. The third kappa shape index (κ3) is 3.42. The largest absolute Gasteiger partial charge is 0.489 e. The standard InChI is InChI=1S/C20H24N4OS/c21-17-6-2-3-7-18(17)23-9-11-24(12-10-23)20(26)22-13-15-14-25-19-8-4-1-5-16(15)19/h2-4,6-8,13H,1,5,9-12,14,21H2,(H,22,26)/b15-13-. The van der Waals surface area contributed by atoms with Crippen LogP contribution in [0, 0.1) is 0 Å². The first-order valence-electron chi connectivity index (χ1n) is 9.09. The monoisotopic (exact) mass is 368 g/mol. The number of anilines is 2. The molecule has 2 heterocycles. The van der Waals surface area contributed by atoms with Crippen LogP contribution < -0.4 is 16.0 Å². The lowest BCUT2D eigenvalue weighted by atomic mass is 9.99. The predicted molar refractivity (Wildman–Crippen MR) is 110 cm³/mol. The molecule has 1 fully saturated rings. The molecule has 0 saturated carbocycles. The van der Waals surface area contributed by atoms with E-state index in [9.17, 15) is 0 Å². The second kappa shape index (κ2) is 7.41. The molecule has 4 rings (SSSR count). The zero-order valence-corrected chi connectivity index (χ0v) is 15.6. The Bertz CT molecular complexity index is 791. The van der Waals surface area contributed by atoms with Crippen molar-refractivity contribution in [2.24, 2.45) is 0 Å². The number of thiocarbonyl (C=S) groups is 1. The number of nitrogens with two attached hydrogens (primary N) is 1. The molecule has 0 spiro atoms. The van der Waals surface area contributed by atoms with Crippen molar-refractivity contribution >= 4 is 28.7 Å². The number of hydrogen-bond donors (Lipinski definition) is 2. The van der Waals surface area contributed by atoms with E-state index in [2.05, 4.69) is 33.3 Å². The van der Waals surface area contributed by atoms with Crippen molar-refractivity contribution in [1.29, 1.82) is 0 Å². The van der Waals surface area contributed by atoms with E-state index in [0.29, 0.717) is 6.61 Å². The molecule has 26 heavy (non-hydrogen) atoms. The molecule has 1 aliphatic carbocycles. The third-order valence-electron chi connectivity index (χ3n) is 5.11. The van der Waals surface area contributed by atoms with Crippen LogP contribution in [0.25, 0.3) is 0 Å². The summed E-state index contributed by atoms with van der Waals surface area (Å²) in [6.07, 6.45) is 8.38. The normalized spacial score (nSPS) is 21.0. The molecule has 1 aromatic rings.